The van der Waals surface area contributed by atoms with E-state index in [2.05, 4.69) is 110 Å². The quantitative estimate of drug-likeness (QED) is 0.319. The molecule has 0 amide bonds. The Bertz CT molecular complexity index is 1760. The van der Waals surface area contributed by atoms with Crippen LogP contribution in [0.2, 0.25) is 0 Å². The van der Waals surface area contributed by atoms with E-state index in [1.165, 1.54) is 32.6 Å². The molecule has 0 aliphatic rings. The second-order valence-corrected chi connectivity index (χ2v) is 7.95. The average molecular weight is 410 g/mol. The lowest BCUT2D eigenvalue weighted by molar-refractivity contribution is 0.991. The molecule has 3 aromatic heterocycles. The molecular formula is C28H18N4. The van der Waals surface area contributed by atoms with Crippen molar-refractivity contribution in [2.24, 2.45) is 0 Å². The van der Waals surface area contributed by atoms with Gasteiger partial charge in [-0.05, 0) is 36.4 Å². The predicted molar refractivity (Wildman–Crippen MR) is 131 cm³/mol. The molecule has 4 nitrogen and oxygen atoms in total. The molecule has 0 unspecified atom stereocenters. The van der Waals surface area contributed by atoms with Gasteiger partial charge in [-0.25, -0.2) is 9.97 Å². The lowest BCUT2D eigenvalue weighted by Crippen LogP contribution is -2.00. The molecule has 0 radical (unpaired) electrons. The van der Waals surface area contributed by atoms with E-state index < -0.39 is 0 Å². The molecule has 0 N–H and O–H groups in total. The molecule has 32 heavy (non-hydrogen) atoms. The Morgan fingerprint density at radius 1 is 0.469 bits per heavy atom. The highest BCUT2D eigenvalue weighted by molar-refractivity contribution is 6.26. The minimum atomic E-state index is 0.683. The minimum Gasteiger partial charge on any atom is -0.309 e. The second-order valence-electron chi connectivity index (χ2n) is 7.95. The number of benzene rings is 4. The van der Waals surface area contributed by atoms with Crippen LogP contribution in [0.15, 0.2) is 109 Å². The summed E-state index contributed by atoms with van der Waals surface area (Å²) in [6.07, 6.45) is 3.60. The van der Waals surface area contributed by atoms with Crippen molar-refractivity contribution in [3.63, 3.8) is 0 Å². The first-order valence-corrected chi connectivity index (χ1v) is 10.7. The third-order valence-corrected chi connectivity index (χ3v) is 6.24. The lowest BCUT2D eigenvalue weighted by Gasteiger charge is -2.08. The molecule has 0 atom stereocenters. The van der Waals surface area contributed by atoms with Gasteiger partial charge in [0.15, 0.2) is 0 Å². The van der Waals surface area contributed by atoms with Crippen LogP contribution in [0.25, 0.3) is 55.2 Å². The molecule has 0 fully saturated rings. The van der Waals surface area contributed by atoms with E-state index in [4.69, 9.17) is 0 Å². The van der Waals surface area contributed by atoms with Gasteiger partial charge >= 0.3 is 0 Å². The van der Waals surface area contributed by atoms with E-state index in [1.54, 1.807) is 12.4 Å². The number of nitrogens with zero attached hydrogens (tertiary/aromatic N) is 4. The molecule has 150 valence electrons. The Kier molecular flexibility index (Phi) is 3.52. The molecule has 7 rings (SSSR count). The first kappa shape index (κ1) is 17.3. The fourth-order valence-corrected chi connectivity index (χ4v) is 4.98. The van der Waals surface area contributed by atoms with Crippen molar-refractivity contribution in [2.75, 3.05) is 0 Å². The van der Waals surface area contributed by atoms with Gasteiger partial charge in [-0.15, -0.1) is 0 Å². The van der Waals surface area contributed by atoms with Crippen LogP contribution in [0, 0.1) is 0 Å². The molecule has 4 heteroatoms. The van der Waals surface area contributed by atoms with E-state index in [0.29, 0.717) is 5.95 Å². The van der Waals surface area contributed by atoms with Gasteiger partial charge in [0, 0.05) is 39.6 Å². The molecule has 7 aromatic rings. The second kappa shape index (κ2) is 6.53. The van der Waals surface area contributed by atoms with Crippen LogP contribution in [0.5, 0.6) is 0 Å². The first-order valence-electron chi connectivity index (χ1n) is 10.7. The summed E-state index contributed by atoms with van der Waals surface area (Å²) in [5.74, 6) is 0.683. The van der Waals surface area contributed by atoms with Crippen molar-refractivity contribution in [1.82, 2.24) is 19.1 Å². The average Bonchev–Trinajstić information content (AvgIpc) is 3.38. The third kappa shape index (κ3) is 2.26. The van der Waals surface area contributed by atoms with E-state index in [9.17, 15) is 0 Å². The monoisotopic (exact) mass is 410 g/mol. The standard InChI is InChI=1S/C28H18N4/c1-2-9-19(10-3-1)31-24-14-7-5-12-22(24)26-25(31)16-15-21-20-11-4-6-13-23(20)32(27(21)26)28-29-17-8-18-30-28/h1-18H. The van der Waals surface area contributed by atoms with Crippen molar-refractivity contribution in [3.05, 3.63) is 109 Å². The zero-order valence-corrected chi connectivity index (χ0v) is 17.2. The van der Waals surface area contributed by atoms with E-state index >= 15 is 0 Å². The van der Waals surface area contributed by atoms with Gasteiger partial charge in [0.2, 0.25) is 5.95 Å². The molecule has 0 aliphatic carbocycles. The summed E-state index contributed by atoms with van der Waals surface area (Å²) in [7, 11) is 0. The number of fused-ring (bicyclic) bond motifs is 7. The summed E-state index contributed by atoms with van der Waals surface area (Å²) < 4.78 is 4.55. The highest BCUT2D eigenvalue weighted by atomic mass is 15.2. The smallest absolute Gasteiger partial charge is 0.234 e. The number of para-hydroxylation sites is 3. The summed E-state index contributed by atoms with van der Waals surface area (Å²) in [6, 6.07) is 34.0. The normalized spacial score (nSPS) is 11.8. The molecule has 0 spiro atoms. The van der Waals surface area contributed by atoms with Crippen LogP contribution in [-0.4, -0.2) is 19.1 Å². The summed E-state index contributed by atoms with van der Waals surface area (Å²) in [6.45, 7) is 0. The highest BCUT2D eigenvalue weighted by Gasteiger charge is 2.20. The van der Waals surface area contributed by atoms with Crippen molar-refractivity contribution in [2.45, 2.75) is 0 Å². The van der Waals surface area contributed by atoms with Crippen molar-refractivity contribution in [3.8, 4) is 11.6 Å². The van der Waals surface area contributed by atoms with Crippen LogP contribution >= 0.6 is 0 Å². The highest BCUT2D eigenvalue weighted by Crippen LogP contribution is 2.41. The molecule has 0 bridgehead atoms. The number of hydrogen-bond donors (Lipinski definition) is 0. The molecule has 0 aliphatic heterocycles. The minimum absolute atomic E-state index is 0.683. The Balaban J connectivity index is 1.77. The largest absolute Gasteiger partial charge is 0.309 e. The van der Waals surface area contributed by atoms with Gasteiger partial charge in [-0.3, -0.25) is 4.57 Å². The van der Waals surface area contributed by atoms with E-state index in [0.717, 1.165) is 16.7 Å². The molecule has 3 heterocycles. The Morgan fingerprint density at radius 2 is 1.12 bits per heavy atom. The zero-order valence-electron chi connectivity index (χ0n) is 17.2. The van der Waals surface area contributed by atoms with Gasteiger partial charge in [-0.1, -0.05) is 60.7 Å². The van der Waals surface area contributed by atoms with Crippen LogP contribution in [0.4, 0.5) is 0 Å². The maximum atomic E-state index is 4.62. The van der Waals surface area contributed by atoms with Crippen LogP contribution in [-0.2, 0) is 0 Å². The van der Waals surface area contributed by atoms with Gasteiger partial charge in [-0.2, -0.15) is 0 Å². The number of rotatable bonds is 2. The Morgan fingerprint density at radius 3 is 1.91 bits per heavy atom. The van der Waals surface area contributed by atoms with Crippen LogP contribution < -0.4 is 0 Å². The van der Waals surface area contributed by atoms with E-state index in [1.807, 2.05) is 6.07 Å². The van der Waals surface area contributed by atoms with Crippen LogP contribution in [0.3, 0.4) is 0 Å². The van der Waals surface area contributed by atoms with Gasteiger partial charge in [0.1, 0.15) is 0 Å². The molecular weight excluding hydrogens is 392 g/mol. The predicted octanol–water partition coefficient (Wildman–Crippen LogP) is 6.67. The zero-order chi connectivity index (χ0) is 21.1. The molecule has 4 aromatic carbocycles. The van der Waals surface area contributed by atoms with Crippen molar-refractivity contribution in [1.29, 1.82) is 0 Å². The van der Waals surface area contributed by atoms with Crippen molar-refractivity contribution >= 4 is 43.6 Å². The van der Waals surface area contributed by atoms with Gasteiger partial charge in [0.25, 0.3) is 0 Å². The summed E-state index contributed by atoms with van der Waals surface area (Å²) >= 11 is 0. The molecule has 0 saturated heterocycles. The topological polar surface area (TPSA) is 35.6 Å². The number of aromatic nitrogens is 4. The molecule has 0 saturated carbocycles. The Labute approximate surface area is 184 Å². The third-order valence-electron chi connectivity index (χ3n) is 6.24. The maximum absolute atomic E-state index is 4.62. The number of hydrogen-bond acceptors (Lipinski definition) is 2. The SMILES string of the molecule is c1ccc(-n2c3ccccc3c3c2ccc2c4ccccc4n(-c4ncccn4)c23)cc1. The maximum Gasteiger partial charge on any atom is 0.234 e. The van der Waals surface area contributed by atoms with Crippen LogP contribution in [0.1, 0.15) is 0 Å². The fourth-order valence-electron chi connectivity index (χ4n) is 4.98. The summed E-state index contributed by atoms with van der Waals surface area (Å²) in [5, 5.41) is 4.84. The first-order chi connectivity index (χ1) is 15.9. The Hall–Kier alpha value is -4.44. The van der Waals surface area contributed by atoms with Crippen molar-refractivity contribution < 1.29 is 0 Å². The van der Waals surface area contributed by atoms with Gasteiger partial charge < -0.3 is 4.57 Å². The van der Waals surface area contributed by atoms with E-state index in [-0.39, 0.29) is 0 Å². The summed E-state index contributed by atoms with van der Waals surface area (Å²) in [4.78, 5) is 9.24. The fraction of sp³-hybridized carbons (Fsp3) is 0. The lowest BCUT2D eigenvalue weighted by atomic mass is 10.1. The summed E-state index contributed by atoms with van der Waals surface area (Å²) in [5.41, 5.74) is 5.76. The van der Waals surface area contributed by atoms with Gasteiger partial charge in [0.05, 0.1) is 22.1 Å².